The molecule has 3 aliphatic rings. The zero-order chi connectivity index (χ0) is 15.4. The van der Waals surface area contributed by atoms with Crippen LogP contribution in [0.3, 0.4) is 0 Å². The van der Waals surface area contributed by atoms with E-state index in [1.54, 1.807) is 0 Å². The minimum absolute atomic E-state index is 0.0641. The smallest absolute Gasteiger partial charge is 0.246 e. The zero-order valence-electron chi connectivity index (χ0n) is 12.2. The Labute approximate surface area is 124 Å². The number of nitrogens with one attached hydrogen (secondary N) is 1. The van der Waals surface area contributed by atoms with E-state index < -0.39 is 28.0 Å². The maximum absolute atomic E-state index is 12.7. The average molecular weight is 312 g/mol. The highest BCUT2D eigenvalue weighted by Crippen LogP contribution is 2.36. The third kappa shape index (κ3) is 2.59. The number of carbonyl (C=O) groups is 2. The van der Waals surface area contributed by atoms with Crippen molar-refractivity contribution in [1.82, 2.24) is 10.2 Å². The summed E-state index contributed by atoms with van der Waals surface area (Å²) in [6, 6.07) is -1.61. The molecule has 3 atom stereocenters. The summed E-state index contributed by atoms with van der Waals surface area (Å²) >= 11 is 0. The Hall–Kier alpha value is -1.37. The fraction of sp³-hybridized carbons (Fsp3) is 0.714. The molecular formula is C14H20N2O4S. The number of hydrogen-bond donors (Lipinski definition) is 1. The highest BCUT2D eigenvalue weighted by molar-refractivity contribution is 7.94. The summed E-state index contributed by atoms with van der Waals surface area (Å²) in [6.07, 6.45) is 3.41. The van der Waals surface area contributed by atoms with Crippen molar-refractivity contribution < 1.29 is 18.0 Å². The van der Waals surface area contributed by atoms with E-state index in [-0.39, 0.29) is 29.4 Å². The molecule has 1 N–H and O–H groups in total. The van der Waals surface area contributed by atoms with Crippen molar-refractivity contribution >= 4 is 21.7 Å². The van der Waals surface area contributed by atoms with E-state index in [0.29, 0.717) is 0 Å². The predicted molar refractivity (Wildman–Crippen MR) is 76.8 cm³/mol. The van der Waals surface area contributed by atoms with Crippen LogP contribution in [0.2, 0.25) is 0 Å². The summed E-state index contributed by atoms with van der Waals surface area (Å²) < 4.78 is 23.3. The van der Waals surface area contributed by atoms with E-state index >= 15 is 0 Å². The molecule has 2 heterocycles. The molecule has 21 heavy (non-hydrogen) atoms. The van der Waals surface area contributed by atoms with Crippen LogP contribution in [0.1, 0.15) is 26.7 Å². The maximum atomic E-state index is 12.7. The highest BCUT2D eigenvalue weighted by Gasteiger charge is 2.50. The van der Waals surface area contributed by atoms with Gasteiger partial charge in [0.15, 0.2) is 9.84 Å². The van der Waals surface area contributed by atoms with E-state index in [4.69, 9.17) is 0 Å². The van der Waals surface area contributed by atoms with Gasteiger partial charge in [0, 0.05) is 5.41 Å². The molecule has 3 rings (SSSR count). The first-order valence-electron chi connectivity index (χ1n) is 7.33. The molecule has 0 aromatic rings. The normalized spacial score (nSPS) is 35.4. The fourth-order valence-electron chi connectivity index (χ4n) is 3.20. The van der Waals surface area contributed by atoms with E-state index in [0.717, 1.165) is 18.2 Å². The Bertz CT molecular complexity index is 606. The summed E-state index contributed by atoms with van der Waals surface area (Å²) in [6.45, 7) is 3.74. The van der Waals surface area contributed by atoms with Crippen LogP contribution < -0.4 is 5.32 Å². The Morgan fingerprint density at radius 2 is 1.95 bits per heavy atom. The van der Waals surface area contributed by atoms with Gasteiger partial charge in [0.05, 0.1) is 11.8 Å². The first kappa shape index (κ1) is 14.6. The van der Waals surface area contributed by atoms with Crippen molar-refractivity contribution in [1.29, 1.82) is 0 Å². The largest absolute Gasteiger partial charge is 0.342 e. The van der Waals surface area contributed by atoms with E-state index in [9.17, 15) is 18.0 Å². The molecule has 2 amide bonds. The fourth-order valence-corrected chi connectivity index (χ4v) is 4.48. The Morgan fingerprint density at radius 3 is 2.43 bits per heavy atom. The van der Waals surface area contributed by atoms with Crippen molar-refractivity contribution in [3.63, 3.8) is 0 Å². The van der Waals surface area contributed by atoms with Crippen molar-refractivity contribution in [3.8, 4) is 0 Å². The number of hydrogen-bond acceptors (Lipinski definition) is 4. The van der Waals surface area contributed by atoms with Gasteiger partial charge in [-0.3, -0.25) is 9.59 Å². The topological polar surface area (TPSA) is 83.6 Å². The van der Waals surface area contributed by atoms with Gasteiger partial charge < -0.3 is 10.2 Å². The lowest BCUT2D eigenvalue weighted by molar-refractivity contribution is -0.153. The molecule has 1 aliphatic carbocycles. The standard InChI is InChI=1S/C14H20N2O4S/c1-8(2)12-13(17)15-11(9-3-4-9)14(18)16(12)10-5-6-21(19,20)7-10/h5-6,8-12H,3-4,7H2,1-2H3,(H,15,17). The Kier molecular flexibility index (Phi) is 3.35. The van der Waals surface area contributed by atoms with Crippen LogP contribution in [0.5, 0.6) is 0 Å². The highest BCUT2D eigenvalue weighted by atomic mass is 32.2. The molecule has 2 aliphatic heterocycles. The second-order valence-corrected chi connectivity index (χ2v) is 8.41. The van der Waals surface area contributed by atoms with E-state index in [1.165, 1.54) is 11.0 Å². The van der Waals surface area contributed by atoms with Crippen LogP contribution in [0, 0.1) is 11.8 Å². The summed E-state index contributed by atoms with van der Waals surface area (Å²) in [4.78, 5) is 26.6. The van der Waals surface area contributed by atoms with Crippen molar-refractivity contribution in [2.45, 2.75) is 44.8 Å². The second kappa shape index (κ2) is 4.83. The molecule has 116 valence electrons. The lowest BCUT2D eigenvalue weighted by Crippen LogP contribution is -2.67. The van der Waals surface area contributed by atoms with Gasteiger partial charge in [-0.1, -0.05) is 13.8 Å². The maximum Gasteiger partial charge on any atom is 0.246 e. The van der Waals surface area contributed by atoms with Crippen LogP contribution >= 0.6 is 0 Å². The molecule has 1 saturated heterocycles. The van der Waals surface area contributed by atoms with Crippen LogP contribution in [-0.2, 0) is 19.4 Å². The van der Waals surface area contributed by atoms with Gasteiger partial charge >= 0.3 is 0 Å². The minimum Gasteiger partial charge on any atom is -0.342 e. The summed E-state index contributed by atoms with van der Waals surface area (Å²) in [7, 11) is -3.26. The predicted octanol–water partition coefficient (Wildman–Crippen LogP) is 0.0587. The number of amides is 2. The molecule has 0 bridgehead atoms. The lowest BCUT2D eigenvalue weighted by atomic mass is 9.94. The minimum atomic E-state index is -3.26. The van der Waals surface area contributed by atoms with E-state index in [1.807, 2.05) is 13.8 Å². The summed E-state index contributed by atoms with van der Waals surface area (Å²) in [5, 5.41) is 3.98. The number of carbonyl (C=O) groups excluding carboxylic acids is 2. The van der Waals surface area contributed by atoms with Gasteiger partial charge in [-0.15, -0.1) is 0 Å². The van der Waals surface area contributed by atoms with Gasteiger partial charge in [-0.2, -0.15) is 0 Å². The number of rotatable bonds is 3. The monoisotopic (exact) mass is 312 g/mol. The molecule has 0 radical (unpaired) electrons. The summed E-state index contributed by atoms with van der Waals surface area (Å²) in [5.41, 5.74) is 0. The molecule has 2 fully saturated rings. The molecule has 6 nitrogen and oxygen atoms in total. The molecular weight excluding hydrogens is 292 g/mol. The third-order valence-corrected chi connectivity index (χ3v) is 5.76. The second-order valence-electron chi connectivity index (χ2n) is 6.48. The van der Waals surface area contributed by atoms with Crippen LogP contribution in [0.4, 0.5) is 0 Å². The molecule has 0 aromatic heterocycles. The third-order valence-electron chi connectivity index (χ3n) is 4.38. The first-order chi connectivity index (χ1) is 9.80. The number of nitrogens with zero attached hydrogens (tertiary/aromatic N) is 1. The quantitative estimate of drug-likeness (QED) is 0.799. The van der Waals surface area contributed by atoms with Gasteiger partial charge in [-0.05, 0) is 30.8 Å². The SMILES string of the molecule is CC(C)C1C(=O)NC(C2CC2)C(=O)N1C1C=CS(=O)(=O)C1. The molecule has 0 aromatic carbocycles. The number of piperazine rings is 1. The van der Waals surface area contributed by atoms with Crippen molar-refractivity contribution in [2.75, 3.05) is 5.75 Å². The lowest BCUT2D eigenvalue weighted by Gasteiger charge is -2.43. The van der Waals surface area contributed by atoms with Gasteiger partial charge in [0.2, 0.25) is 11.8 Å². The van der Waals surface area contributed by atoms with Gasteiger partial charge in [-0.25, -0.2) is 8.42 Å². The molecule has 3 unspecified atom stereocenters. The van der Waals surface area contributed by atoms with Crippen molar-refractivity contribution in [3.05, 3.63) is 11.5 Å². The Morgan fingerprint density at radius 1 is 1.29 bits per heavy atom. The van der Waals surface area contributed by atoms with Gasteiger partial charge in [0.25, 0.3) is 0 Å². The molecule has 1 saturated carbocycles. The van der Waals surface area contributed by atoms with E-state index in [2.05, 4.69) is 5.32 Å². The van der Waals surface area contributed by atoms with Crippen LogP contribution in [0.15, 0.2) is 11.5 Å². The molecule has 7 heteroatoms. The van der Waals surface area contributed by atoms with Crippen LogP contribution in [-0.4, -0.2) is 49.0 Å². The van der Waals surface area contributed by atoms with Gasteiger partial charge in [0.1, 0.15) is 12.1 Å². The average Bonchev–Trinajstić information content (AvgIpc) is 3.15. The Balaban J connectivity index is 1.93. The summed E-state index contributed by atoms with van der Waals surface area (Å²) in [5.74, 6) is -0.279. The first-order valence-corrected chi connectivity index (χ1v) is 9.05. The number of sulfone groups is 1. The van der Waals surface area contributed by atoms with Crippen LogP contribution in [0.25, 0.3) is 0 Å². The molecule has 0 spiro atoms. The van der Waals surface area contributed by atoms with Crippen molar-refractivity contribution in [2.24, 2.45) is 11.8 Å². The zero-order valence-corrected chi connectivity index (χ0v) is 13.0.